The zero-order valence-electron chi connectivity index (χ0n) is 12.0. The van der Waals surface area contributed by atoms with Crippen molar-refractivity contribution in [2.24, 2.45) is 18.9 Å². The molecule has 0 bridgehead atoms. The number of hydrogen-bond donors (Lipinski definition) is 1. The summed E-state index contributed by atoms with van der Waals surface area (Å²) in [5, 5.41) is 13.0. The molecular weight excluding hydrogens is 258 g/mol. The molecule has 0 spiro atoms. The Morgan fingerprint density at radius 2 is 2.30 bits per heavy atom. The molecule has 0 saturated carbocycles. The van der Waals surface area contributed by atoms with Crippen molar-refractivity contribution >= 4 is 11.9 Å². The molecule has 2 unspecified atom stereocenters. The third kappa shape index (κ3) is 3.37. The van der Waals surface area contributed by atoms with Crippen molar-refractivity contribution in [3.05, 3.63) is 18.0 Å². The molecule has 1 aliphatic heterocycles. The van der Waals surface area contributed by atoms with Gasteiger partial charge in [-0.25, -0.2) is 0 Å². The quantitative estimate of drug-likeness (QED) is 0.903. The molecule has 1 aromatic heterocycles. The molecule has 1 aromatic rings. The molecule has 1 fully saturated rings. The lowest BCUT2D eigenvalue weighted by atomic mass is 9.84. The summed E-state index contributed by atoms with van der Waals surface area (Å²) in [7, 11) is 1.78. The number of carboxylic acids is 1. The number of likely N-dealkylation sites (tertiary alicyclic amines) is 1. The van der Waals surface area contributed by atoms with Crippen molar-refractivity contribution in [1.29, 1.82) is 0 Å². The van der Waals surface area contributed by atoms with E-state index >= 15 is 0 Å². The molecule has 0 aromatic carbocycles. The second-order valence-electron chi connectivity index (χ2n) is 5.60. The predicted octanol–water partition coefficient (Wildman–Crippen LogP) is 1.38. The van der Waals surface area contributed by atoms with Crippen LogP contribution in [0.25, 0.3) is 0 Å². The maximum absolute atomic E-state index is 12.3. The molecule has 0 radical (unpaired) electrons. The third-order valence-corrected chi connectivity index (χ3v) is 3.98. The van der Waals surface area contributed by atoms with Gasteiger partial charge in [0.2, 0.25) is 0 Å². The van der Waals surface area contributed by atoms with E-state index in [1.807, 2.05) is 6.92 Å². The Morgan fingerprint density at radius 1 is 1.55 bits per heavy atom. The summed E-state index contributed by atoms with van der Waals surface area (Å²) in [6, 6.07) is 1.71. The number of aliphatic carboxylic acids is 1. The highest BCUT2D eigenvalue weighted by Crippen LogP contribution is 2.26. The van der Waals surface area contributed by atoms with Crippen molar-refractivity contribution in [3.63, 3.8) is 0 Å². The van der Waals surface area contributed by atoms with Gasteiger partial charge in [-0.05, 0) is 30.7 Å². The van der Waals surface area contributed by atoms with Crippen molar-refractivity contribution in [3.8, 4) is 0 Å². The standard InChI is InChI=1S/C14H21N3O3/c1-10(8-13(18)19)11-4-3-6-17(9-11)14(20)12-5-7-16(2)15-12/h5,7,10-11H,3-4,6,8-9H2,1-2H3,(H,18,19). The minimum absolute atomic E-state index is 0.0576. The monoisotopic (exact) mass is 279 g/mol. The van der Waals surface area contributed by atoms with Gasteiger partial charge in [-0.15, -0.1) is 0 Å². The van der Waals surface area contributed by atoms with Gasteiger partial charge in [0, 0.05) is 32.8 Å². The van der Waals surface area contributed by atoms with Crippen molar-refractivity contribution in [2.75, 3.05) is 13.1 Å². The molecule has 1 saturated heterocycles. The molecule has 6 heteroatoms. The average molecular weight is 279 g/mol. The fraction of sp³-hybridized carbons (Fsp3) is 0.643. The number of carboxylic acid groups (broad SMARTS) is 1. The van der Waals surface area contributed by atoms with Gasteiger partial charge in [-0.2, -0.15) is 5.10 Å². The third-order valence-electron chi connectivity index (χ3n) is 3.98. The number of amides is 1. The lowest BCUT2D eigenvalue weighted by Crippen LogP contribution is -2.42. The fourth-order valence-electron chi connectivity index (χ4n) is 2.79. The summed E-state index contributed by atoms with van der Waals surface area (Å²) in [6.07, 6.45) is 3.83. The summed E-state index contributed by atoms with van der Waals surface area (Å²) in [5.41, 5.74) is 0.457. The summed E-state index contributed by atoms with van der Waals surface area (Å²) >= 11 is 0. The van der Waals surface area contributed by atoms with Gasteiger partial charge in [0.25, 0.3) is 5.91 Å². The highest BCUT2D eigenvalue weighted by atomic mass is 16.4. The highest BCUT2D eigenvalue weighted by molar-refractivity contribution is 5.92. The summed E-state index contributed by atoms with van der Waals surface area (Å²) in [6.45, 7) is 3.31. The molecule has 1 aliphatic rings. The van der Waals surface area contributed by atoms with Crippen LogP contribution in [0.1, 0.15) is 36.7 Å². The number of carbonyl (C=O) groups excluding carboxylic acids is 1. The molecule has 2 heterocycles. The molecule has 2 rings (SSSR count). The van der Waals surface area contributed by atoms with Crippen LogP contribution in [0, 0.1) is 11.8 Å². The van der Waals surface area contributed by atoms with Crippen molar-refractivity contribution in [2.45, 2.75) is 26.2 Å². The Labute approximate surface area is 118 Å². The summed E-state index contributed by atoms with van der Waals surface area (Å²) in [5.74, 6) is -0.483. The van der Waals surface area contributed by atoms with Crippen LogP contribution in [0.3, 0.4) is 0 Å². The zero-order valence-corrected chi connectivity index (χ0v) is 12.0. The summed E-state index contributed by atoms with van der Waals surface area (Å²) < 4.78 is 1.61. The Morgan fingerprint density at radius 3 is 2.90 bits per heavy atom. The lowest BCUT2D eigenvalue weighted by molar-refractivity contribution is -0.138. The lowest BCUT2D eigenvalue weighted by Gasteiger charge is -2.35. The van der Waals surface area contributed by atoms with Gasteiger partial charge in [-0.3, -0.25) is 14.3 Å². The Balaban J connectivity index is 1.99. The molecule has 1 N–H and O–H groups in total. The van der Waals surface area contributed by atoms with Crippen LogP contribution in [0.15, 0.2) is 12.3 Å². The first-order chi connectivity index (χ1) is 9.47. The minimum atomic E-state index is -0.773. The van der Waals surface area contributed by atoms with Gasteiger partial charge in [0.15, 0.2) is 0 Å². The van der Waals surface area contributed by atoms with Crippen LogP contribution < -0.4 is 0 Å². The number of aromatic nitrogens is 2. The first-order valence-corrected chi connectivity index (χ1v) is 6.98. The van der Waals surface area contributed by atoms with E-state index in [2.05, 4.69) is 5.10 Å². The summed E-state index contributed by atoms with van der Waals surface area (Å²) in [4.78, 5) is 24.9. The first-order valence-electron chi connectivity index (χ1n) is 6.98. The van der Waals surface area contributed by atoms with E-state index in [0.29, 0.717) is 12.2 Å². The van der Waals surface area contributed by atoms with Gasteiger partial charge < -0.3 is 10.0 Å². The van der Waals surface area contributed by atoms with E-state index in [1.165, 1.54) is 0 Å². The number of rotatable bonds is 4. The maximum atomic E-state index is 12.3. The van der Waals surface area contributed by atoms with Crippen molar-refractivity contribution in [1.82, 2.24) is 14.7 Å². The second kappa shape index (κ2) is 6.07. The van der Waals surface area contributed by atoms with Gasteiger partial charge >= 0.3 is 5.97 Å². The van der Waals surface area contributed by atoms with Crippen LogP contribution in [-0.2, 0) is 11.8 Å². The van der Waals surface area contributed by atoms with Crippen LogP contribution in [-0.4, -0.2) is 44.8 Å². The highest BCUT2D eigenvalue weighted by Gasteiger charge is 2.29. The van der Waals surface area contributed by atoms with Crippen LogP contribution >= 0.6 is 0 Å². The van der Waals surface area contributed by atoms with Gasteiger partial charge in [0.05, 0.1) is 0 Å². The van der Waals surface area contributed by atoms with E-state index in [-0.39, 0.29) is 24.2 Å². The van der Waals surface area contributed by atoms with Crippen LogP contribution in [0.5, 0.6) is 0 Å². The molecule has 2 atom stereocenters. The minimum Gasteiger partial charge on any atom is -0.481 e. The zero-order chi connectivity index (χ0) is 14.7. The largest absolute Gasteiger partial charge is 0.481 e. The Kier molecular flexibility index (Phi) is 4.42. The number of nitrogens with zero attached hydrogens (tertiary/aromatic N) is 3. The fourth-order valence-corrected chi connectivity index (χ4v) is 2.79. The Hall–Kier alpha value is -1.85. The molecule has 110 valence electrons. The predicted molar refractivity (Wildman–Crippen MR) is 73.3 cm³/mol. The van der Waals surface area contributed by atoms with E-state index in [1.54, 1.807) is 28.9 Å². The number of carbonyl (C=O) groups is 2. The smallest absolute Gasteiger partial charge is 0.303 e. The van der Waals surface area contributed by atoms with Crippen molar-refractivity contribution < 1.29 is 14.7 Å². The van der Waals surface area contributed by atoms with Gasteiger partial charge in [0.1, 0.15) is 5.69 Å². The molecule has 6 nitrogen and oxygen atoms in total. The van der Waals surface area contributed by atoms with Crippen LogP contribution in [0.2, 0.25) is 0 Å². The molecule has 20 heavy (non-hydrogen) atoms. The number of aryl methyl sites for hydroxylation is 1. The second-order valence-corrected chi connectivity index (χ2v) is 5.60. The SMILES string of the molecule is CC(CC(=O)O)C1CCCN(C(=O)c2ccn(C)n2)C1. The number of hydrogen-bond acceptors (Lipinski definition) is 3. The van der Waals surface area contributed by atoms with E-state index < -0.39 is 5.97 Å². The van der Waals surface area contributed by atoms with E-state index in [9.17, 15) is 9.59 Å². The average Bonchev–Trinajstić information content (AvgIpc) is 2.84. The number of piperidine rings is 1. The van der Waals surface area contributed by atoms with E-state index in [0.717, 1.165) is 19.4 Å². The molecular formula is C14H21N3O3. The Bertz CT molecular complexity index is 498. The maximum Gasteiger partial charge on any atom is 0.303 e. The topological polar surface area (TPSA) is 75.4 Å². The van der Waals surface area contributed by atoms with E-state index in [4.69, 9.17) is 5.11 Å². The molecule has 0 aliphatic carbocycles. The van der Waals surface area contributed by atoms with Crippen LogP contribution in [0.4, 0.5) is 0 Å². The van der Waals surface area contributed by atoms with Gasteiger partial charge in [-0.1, -0.05) is 6.92 Å². The molecule has 1 amide bonds. The normalized spacial score (nSPS) is 20.7. The first kappa shape index (κ1) is 14.6.